The number of carbonyl (C=O) groups excluding carboxylic acids is 1. The molecule has 0 radical (unpaired) electrons. The van der Waals surface area contributed by atoms with Crippen LogP contribution in [0.5, 0.6) is 0 Å². The Bertz CT molecular complexity index is 546. The summed E-state index contributed by atoms with van der Waals surface area (Å²) in [5, 5.41) is 0. The van der Waals surface area contributed by atoms with Crippen LogP contribution in [0.25, 0.3) is 0 Å². The van der Waals surface area contributed by atoms with E-state index in [1.807, 2.05) is 18.7 Å². The van der Waals surface area contributed by atoms with Crippen molar-refractivity contribution in [2.75, 3.05) is 18.9 Å². The minimum absolute atomic E-state index is 0.0861. The quantitative estimate of drug-likeness (QED) is 0.894. The number of carbonyl (C=O) groups is 1. The third-order valence-corrected chi connectivity index (χ3v) is 4.30. The molecule has 21 heavy (non-hydrogen) atoms. The summed E-state index contributed by atoms with van der Waals surface area (Å²) in [6, 6.07) is 0.170. The normalized spacial score (nSPS) is 25.2. The molecule has 2 unspecified atom stereocenters. The Morgan fingerprint density at radius 3 is 3.05 bits per heavy atom. The third kappa shape index (κ3) is 2.60. The van der Waals surface area contributed by atoms with Crippen LogP contribution < -0.4 is 5.73 Å². The van der Waals surface area contributed by atoms with Gasteiger partial charge < -0.3 is 15.4 Å². The van der Waals surface area contributed by atoms with Gasteiger partial charge in [0.2, 0.25) is 0 Å². The van der Waals surface area contributed by atoms with Gasteiger partial charge in [-0.15, -0.1) is 0 Å². The van der Waals surface area contributed by atoms with Gasteiger partial charge in [0.05, 0.1) is 30.6 Å². The van der Waals surface area contributed by atoms with Gasteiger partial charge in [-0.3, -0.25) is 4.79 Å². The minimum atomic E-state index is -0.0861. The molecule has 6 heteroatoms. The van der Waals surface area contributed by atoms with E-state index in [2.05, 4.69) is 9.97 Å². The van der Waals surface area contributed by atoms with Crippen LogP contribution in [0.15, 0.2) is 6.20 Å². The van der Waals surface area contributed by atoms with Crippen LogP contribution in [0.2, 0.25) is 0 Å². The van der Waals surface area contributed by atoms with Gasteiger partial charge in [0.15, 0.2) is 5.69 Å². The monoisotopic (exact) mass is 290 g/mol. The maximum Gasteiger partial charge on any atom is 0.275 e. The maximum absolute atomic E-state index is 12.8. The molecular formula is C15H22N4O2. The van der Waals surface area contributed by atoms with Crippen molar-refractivity contribution < 1.29 is 9.53 Å². The standard InChI is InChI=1S/C15H22N4O2/c1-9(2)14-17-8-10(16)13(18-14)15(20)19-6-7-21-12-5-3-4-11(12)19/h8-9,11-12H,3-7,16H2,1-2H3. The summed E-state index contributed by atoms with van der Waals surface area (Å²) >= 11 is 0. The van der Waals surface area contributed by atoms with Crippen molar-refractivity contribution >= 4 is 11.6 Å². The highest BCUT2D eigenvalue weighted by Gasteiger charge is 2.39. The number of morpholine rings is 1. The number of ether oxygens (including phenoxy) is 1. The molecule has 1 aromatic rings. The number of fused-ring (bicyclic) bond motifs is 1. The fourth-order valence-electron chi connectivity index (χ4n) is 3.17. The first kappa shape index (κ1) is 14.3. The van der Waals surface area contributed by atoms with E-state index < -0.39 is 0 Å². The van der Waals surface area contributed by atoms with E-state index in [-0.39, 0.29) is 24.0 Å². The molecule has 1 aromatic heterocycles. The van der Waals surface area contributed by atoms with Crippen molar-refractivity contribution in [1.82, 2.24) is 14.9 Å². The average molecular weight is 290 g/mol. The van der Waals surface area contributed by atoms with E-state index in [4.69, 9.17) is 10.5 Å². The lowest BCUT2D eigenvalue weighted by Crippen LogP contribution is -2.51. The second-order valence-electron chi connectivity index (χ2n) is 6.09. The Labute approximate surface area is 124 Å². The molecule has 1 saturated carbocycles. The van der Waals surface area contributed by atoms with Crippen molar-refractivity contribution in [3.63, 3.8) is 0 Å². The van der Waals surface area contributed by atoms with Gasteiger partial charge in [0, 0.05) is 12.5 Å². The van der Waals surface area contributed by atoms with Crippen LogP contribution in [-0.2, 0) is 4.74 Å². The van der Waals surface area contributed by atoms with Crippen molar-refractivity contribution in [2.45, 2.75) is 51.2 Å². The van der Waals surface area contributed by atoms with Gasteiger partial charge in [-0.05, 0) is 19.3 Å². The maximum atomic E-state index is 12.8. The van der Waals surface area contributed by atoms with Gasteiger partial charge in [0.25, 0.3) is 5.91 Å². The molecule has 2 aliphatic rings. The summed E-state index contributed by atoms with van der Waals surface area (Å²) in [7, 11) is 0. The molecule has 1 amide bonds. The number of aromatic nitrogens is 2. The van der Waals surface area contributed by atoms with E-state index in [1.54, 1.807) is 6.20 Å². The summed E-state index contributed by atoms with van der Waals surface area (Å²) in [6.45, 7) is 5.21. The molecular weight excluding hydrogens is 268 g/mol. The first-order valence-electron chi connectivity index (χ1n) is 7.63. The zero-order chi connectivity index (χ0) is 15.0. The van der Waals surface area contributed by atoms with Crippen LogP contribution in [0.1, 0.15) is 55.3 Å². The highest BCUT2D eigenvalue weighted by molar-refractivity contribution is 5.97. The topological polar surface area (TPSA) is 81.3 Å². The van der Waals surface area contributed by atoms with E-state index in [0.717, 1.165) is 19.3 Å². The summed E-state index contributed by atoms with van der Waals surface area (Å²) in [5.41, 5.74) is 6.62. The van der Waals surface area contributed by atoms with Crippen LogP contribution in [0.4, 0.5) is 5.69 Å². The van der Waals surface area contributed by atoms with Crippen LogP contribution in [0.3, 0.4) is 0 Å². The molecule has 114 valence electrons. The fourth-order valence-corrected chi connectivity index (χ4v) is 3.17. The first-order valence-corrected chi connectivity index (χ1v) is 7.63. The lowest BCUT2D eigenvalue weighted by molar-refractivity contribution is -0.0447. The molecule has 1 aliphatic carbocycles. The van der Waals surface area contributed by atoms with Crippen molar-refractivity contribution in [3.05, 3.63) is 17.7 Å². The predicted octanol–water partition coefficient (Wildman–Crippen LogP) is 1.58. The summed E-state index contributed by atoms with van der Waals surface area (Å²) in [6.07, 6.45) is 4.86. The summed E-state index contributed by atoms with van der Waals surface area (Å²) in [4.78, 5) is 23.3. The number of nitrogen functional groups attached to an aromatic ring is 1. The molecule has 2 atom stereocenters. The number of nitrogens with zero attached hydrogens (tertiary/aromatic N) is 3. The molecule has 2 N–H and O–H groups in total. The van der Waals surface area contributed by atoms with E-state index in [1.165, 1.54) is 0 Å². The number of hydrogen-bond acceptors (Lipinski definition) is 5. The minimum Gasteiger partial charge on any atom is -0.396 e. The molecule has 6 nitrogen and oxygen atoms in total. The highest BCUT2D eigenvalue weighted by Crippen LogP contribution is 2.31. The summed E-state index contributed by atoms with van der Waals surface area (Å²) in [5.74, 6) is 0.738. The lowest BCUT2D eigenvalue weighted by atomic mass is 10.1. The number of rotatable bonds is 2. The molecule has 0 spiro atoms. The van der Waals surface area contributed by atoms with Crippen LogP contribution in [0, 0.1) is 0 Å². The van der Waals surface area contributed by atoms with Crippen LogP contribution in [-0.4, -0.2) is 46.1 Å². The molecule has 3 rings (SSSR count). The Morgan fingerprint density at radius 1 is 1.48 bits per heavy atom. The molecule has 0 bridgehead atoms. The first-order chi connectivity index (χ1) is 10.1. The molecule has 2 heterocycles. The lowest BCUT2D eigenvalue weighted by Gasteiger charge is -2.37. The Morgan fingerprint density at radius 2 is 2.29 bits per heavy atom. The Balaban J connectivity index is 1.89. The molecule has 1 aliphatic heterocycles. The summed E-state index contributed by atoms with van der Waals surface area (Å²) < 4.78 is 5.75. The van der Waals surface area contributed by atoms with Gasteiger partial charge >= 0.3 is 0 Å². The zero-order valence-corrected chi connectivity index (χ0v) is 12.6. The fraction of sp³-hybridized carbons (Fsp3) is 0.667. The highest BCUT2D eigenvalue weighted by atomic mass is 16.5. The van der Waals surface area contributed by atoms with Crippen LogP contribution >= 0.6 is 0 Å². The Kier molecular flexibility index (Phi) is 3.80. The van der Waals surface area contributed by atoms with E-state index in [0.29, 0.717) is 30.4 Å². The zero-order valence-electron chi connectivity index (χ0n) is 12.6. The van der Waals surface area contributed by atoms with Gasteiger partial charge in [-0.1, -0.05) is 13.8 Å². The smallest absolute Gasteiger partial charge is 0.275 e. The number of amides is 1. The predicted molar refractivity (Wildman–Crippen MR) is 78.9 cm³/mol. The van der Waals surface area contributed by atoms with Crippen molar-refractivity contribution in [3.8, 4) is 0 Å². The second kappa shape index (κ2) is 5.60. The largest absolute Gasteiger partial charge is 0.396 e. The van der Waals surface area contributed by atoms with Gasteiger partial charge in [-0.2, -0.15) is 0 Å². The van der Waals surface area contributed by atoms with Crippen molar-refractivity contribution in [1.29, 1.82) is 0 Å². The van der Waals surface area contributed by atoms with E-state index >= 15 is 0 Å². The number of anilines is 1. The van der Waals surface area contributed by atoms with E-state index in [9.17, 15) is 4.79 Å². The second-order valence-corrected chi connectivity index (χ2v) is 6.09. The molecule has 0 aromatic carbocycles. The third-order valence-electron chi connectivity index (χ3n) is 4.30. The number of nitrogens with two attached hydrogens (primary N) is 1. The average Bonchev–Trinajstić information content (AvgIpc) is 2.95. The molecule has 1 saturated heterocycles. The number of hydrogen-bond donors (Lipinski definition) is 1. The van der Waals surface area contributed by atoms with Gasteiger partial charge in [0.1, 0.15) is 5.82 Å². The molecule has 2 fully saturated rings. The van der Waals surface area contributed by atoms with Gasteiger partial charge in [-0.25, -0.2) is 9.97 Å². The van der Waals surface area contributed by atoms with Crippen molar-refractivity contribution in [2.24, 2.45) is 0 Å². The Hall–Kier alpha value is -1.69. The SMILES string of the molecule is CC(C)c1ncc(N)c(C(=O)N2CCOC3CCCC32)n1.